The van der Waals surface area contributed by atoms with Crippen molar-refractivity contribution in [1.29, 1.82) is 0 Å². The highest BCUT2D eigenvalue weighted by atomic mass is 15.5. The number of nitrogens with two attached hydrogens (primary N) is 1. The molecule has 0 unspecified atom stereocenters. The first-order valence-electron chi connectivity index (χ1n) is 7.39. The van der Waals surface area contributed by atoms with Crippen LogP contribution in [-0.2, 0) is 12.0 Å². The Hall–Kier alpha value is -0.900. The first kappa shape index (κ1) is 11.0. The van der Waals surface area contributed by atoms with Gasteiger partial charge in [-0.1, -0.05) is 5.21 Å². The average molecular weight is 246 g/mol. The summed E-state index contributed by atoms with van der Waals surface area (Å²) in [4.78, 5) is 0. The Morgan fingerprint density at radius 1 is 1.17 bits per heavy atom. The van der Waals surface area contributed by atoms with Crippen molar-refractivity contribution in [2.24, 2.45) is 23.5 Å². The van der Waals surface area contributed by atoms with E-state index in [0.29, 0.717) is 12.1 Å². The van der Waals surface area contributed by atoms with E-state index >= 15 is 0 Å². The molecule has 4 fully saturated rings. The average Bonchev–Trinajstić information content (AvgIpc) is 2.77. The van der Waals surface area contributed by atoms with E-state index in [2.05, 4.69) is 21.2 Å². The van der Waals surface area contributed by atoms with Gasteiger partial charge in [0.1, 0.15) is 0 Å². The third-order valence-corrected chi connectivity index (χ3v) is 5.43. The maximum atomic E-state index is 5.60. The van der Waals surface area contributed by atoms with Gasteiger partial charge in [0.2, 0.25) is 0 Å². The smallest absolute Gasteiger partial charge is 0.0839 e. The van der Waals surface area contributed by atoms with Crippen molar-refractivity contribution < 1.29 is 0 Å². The summed E-state index contributed by atoms with van der Waals surface area (Å²) < 4.78 is 2.21. The Labute approximate surface area is 108 Å². The van der Waals surface area contributed by atoms with Crippen LogP contribution in [0.1, 0.15) is 44.2 Å². The van der Waals surface area contributed by atoms with Crippen LogP contribution in [0.4, 0.5) is 0 Å². The van der Waals surface area contributed by atoms with Crippen molar-refractivity contribution in [3.63, 3.8) is 0 Å². The maximum Gasteiger partial charge on any atom is 0.0839 e. The number of rotatable bonds is 3. The molecule has 0 aliphatic heterocycles. The van der Waals surface area contributed by atoms with Crippen LogP contribution in [0.5, 0.6) is 0 Å². The van der Waals surface area contributed by atoms with Crippen molar-refractivity contribution in [1.82, 2.24) is 15.0 Å². The molecule has 0 radical (unpaired) electrons. The topological polar surface area (TPSA) is 56.7 Å². The standard InChI is InChI=1S/C14H22N4/c15-2-1-13-9-18(17-16-13)14-6-10-3-11(7-14)5-12(4-10)8-14/h9-12H,1-8,15H2. The second-order valence-electron chi connectivity index (χ2n) is 6.84. The lowest BCUT2D eigenvalue weighted by Gasteiger charge is -2.56. The lowest BCUT2D eigenvalue weighted by atomic mass is 9.53. The van der Waals surface area contributed by atoms with E-state index in [-0.39, 0.29) is 0 Å². The zero-order valence-electron chi connectivity index (χ0n) is 10.9. The first-order chi connectivity index (χ1) is 8.77. The zero-order chi connectivity index (χ0) is 12.2. The summed E-state index contributed by atoms with van der Waals surface area (Å²) in [5.74, 6) is 2.87. The lowest BCUT2D eigenvalue weighted by Crippen LogP contribution is -2.52. The molecule has 1 heterocycles. The highest BCUT2D eigenvalue weighted by molar-refractivity contribution is 5.06. The molecule has 2 N–H and O–H groups in total. The van der Waals surface area contributed by atoms with Gasteiger partial charge >= 0.3 is 0 Å². The molecule has 4 aliphatic carbocycles. The molecule has 4 heteroatoms. The van der Waals surface area contributed by atoms with E-state index in [1.54, 1.807) is 0 Å². The van der Waals surface area contributed by atoms with Crippen LogP contribution in [0.2, 0.25) is 0 Å². The van der Waals surface area contributed by atoms with Gasteiger partial charge < -0.3 is 5.73 Å². The highest BCUT2D eigenvalue weighted by Gasteiger charge is 2.52. The minimum absolute atomic E-state index is 0.314. The van der Waals surface area contributed by atoms with Gasteiger partial charge in [0.15, 0.2) is 0 Å². The van der Waals surface area contributed by atoms with E-state index in [1.807, 2.05) is 0 Å². The molecule has 18 heavy (non-hydrogen) atoms. The van der Waals surface area contributed by atoms with Gasteiger partial charge in [0, 0.05) is 12.6 Å². The number of aromatic nitrogens is 3. The number of hydrogen-bond acceptors (Lipinski definition) is 3. The molecule has 0 saturated heterocycles. The Balaban J connectivity index is 1.66. The molecular formula is C14H22N4. The van der Waals surface area contributed by atoms with Crippen molar-refractivity contribution in [2.45, 2.75) is 50.5 Å². The van der Waals surface area contributed by atoms with Crippen LogP contribution in [0.15, 0.2) is 6.20 Å². The molecule has 0 spiro atoms. The Bertz CT molecular complexity index is 415. The van der Waals surface area contributed by atoms with Crippen molar-refractivity contribution in [3.8, 4) is 0 Å². The fraction of sp³-hybridized carbons (Fsp3) is 0.857. The van der Waals surface area contributed by atoms with Gasteiger partial charge in [-0.25, -0.2) is 4.68 Å². The van der Waals surface area contributed by atoms with Gasteiger partial charge in [-0.2, -0.15) is 0 Å². The minimum atomic E-state index is 0.314. The summed E-state index contributed by atoms with van der Waals surface area (Å²) in [6.07, 6.45) is 11.5. The van der Waals surface area contributed by atoms with E-state index < -0.39 is 0 Å². The highest BCUT2D eigenvalue weighted by Crippen LogP contribution is 2.58. The molecule has 4 saturated carbocycles. The van der Waals surface area contributed by atoms with Gasteiger partial charge in [-0.15, -0.1) is 5.10 Å². The Kier molecular flexibility index (Phi) is 2.31. The largest absolute Gasteiger partial charge is 0.330 e. The van der Waals surface area contributed by atoms with Crippen LogP contribution < -0.4 is 5.73 Å². The number of hydrogen-bond donors (Lipinski definition) is 1. The van der Waals surface area contributed by atoms with Crippen LogP contribution in [0.25, 0.3) is 0 Å². The summed E-state index contributed by atoms with van der Waals surface area (Å²) in [5.41, 5.74) is 6.98. The lowest BCUT2D eigenvalue weighted by molar-refractivity contribution is -0.0502. The SMILES string of the molecule is NCCc1cn(C23CC4CC(CC(C4)C2)C3)nn1. The molecule has 5 rings (SSSR count). The first-order valence-corrected chi connectivity index (χ1v) is 7.39. The van der Waals surface area contributed by atoms with E-state index in [0.717, 1.165) is 29.9 Å². The van der Waals surface area contributed by atoms with Crippen molar-refractivity contribution in [2.75, 3.05) is 6.54 Å². The Morgan fingerprint density at radius 3 is 2.33 bits per heavy atom. The monoisotopic (exact) mass is 246 g/mol. The summed E-state index contributed by atoms with van der Waals surface area (Å²) in [6.45, 7) is 0.666. The molecule has 0 amide bonds. The molecule has 0 atom stereocenters. The predicted molar refractivity (Wildman–Crippen MR) is 68.9 cm³/mol. The third kappa shape index (κ3) is 1.54. The second kappa shape index (κ2) is 3.80. The molecule has 0 aromatic carbocycles. The van der Waals surface area contributed by atoms with Crippen LogP contribution >= 0.6 is 0 Å². The molecule has 1 aromatic rings. The van der Waals surface area contributed by atoms with Gasteiger partial charge in [-0.05, 0) is 62.8 Å². The summed E-state index contributed by atoms with van der Waals surface area (Å²) in [7, 11) is 0. The second-order valence-corrected chi connectivity index (χ2v) is 6.84. The fourth-order valence-electron chi connectivity index (χ4n) is 5.14. The maximum absolute atomic E-state index is 5.60. The number of nitrogens with zero attached hydrogens (tertiary/aromatic N) is 3. The normalized spacial score (nSPS) is 41.5. The molecule has 4 aliphatic rings. The van der Waals surface area contributed by atoms with Gasteiger partial charge in [0.05, 0.1) is 11.2 Å². The Morgan fingerprint density at radius 2 is 1.78 bits per heavy atom. The summed E-state index contributed by atoms with van der Waals surface area (Å²) in [5, 5.41) is 8.73. The molecular weight excluding hydrogens is 224 g/mol. The quantitative estimate of drug-likeness (QED) is 0.883. The van der Waals surface area contributed by atoms with Crippen molar-refractivity contribution in [3.05, 3.63) is 11.9 Å². The molecule has 4 nitrogen and oxygen atoms in total. The fourth-order valence-corrected chi connectivity index (χ4v) is 5.14. The predicted octanol–water partition coefficient (Wildman–Crippen LogP) is 1.70. The van der Waals surface area contributed by atoms with Crippen molar-refractivity contribution >= 4 is 0 Å². The molecule has 1 aromatic heterocycles. The minimum Gasteiger partial charge on any atom is -0.330 e. The van der Waals surface area contributed by atoms with Gasteiger partial charge in [0.25, 0.3) is 0 Å². The summed E-state index contributed by atoms with van der Waals surface area (Å²) >= 11 is 0. The summed E-state index contributed by atoms with van der Waals surface area (Å²) in [6, 6.07) is 0. The molecule has 4 bridgehead atoms. The zero-order valence-corrected chi connectivity index (χ0v) is 10.9. The van der Waals surface area contributed by atoms with Gasteiger partial charge in [-0.3, -0.25) is 0 Å². The molecule has 98 valence electrons. The van der Waals surface area contributed by atoms with Crippen LogP contribution in [-0.4, -0.2) is 21.5 Å². The van der Waals surface area contributed by atoms with E-state index in [1.165, 1.54) is 38.5 Å². The van der Waals surface area contributed by atoms with Crippen LogP contribution in [0, 0.1) is 17.8 Å². The van der Waals surface area contributed by atoms with E-state index in [4.69, 9.17) is 5.73 Å². The van der Waals surface area contributed by atoms with Crippen LogP contribution in [0.3, 0.4) is 0 Å². The third-order valence-electron chi connectivity index (χ3n) is 5.43. The van der Waals surface area contributed by atoms with E-state index in [9.17, 15) is 0 Å².